The van der Waals surface area contributed by atoms with Gasteiger partial charge in [0, 0.05) is 22.3 Å². The number of ether oxygens (including phenoxy) is 1. The summed E-state index contributed by atoms with van der Waals surface area (Å²) in [6.45, 7) is 5.60. The van der Waals surface area contributed by atoms with Crippen LogP contribution in [-0.2, 0) is 9.05 Å². The molecule has 0 spiro atoms. The summed E-state index contributed by atoms with van der Waals surface area (Å²) in [5.74, 6) is 0.312. The van der Waals surface area contributed by atoms with Crippen LogP contribution in [0.4, 0.5) is 0 Å². The molecule has 21 heavy (non-hydrogen) atoms. The van der Waals surface area contributed by atoms with E-state index in [0.29, 0.717) is 5.92 Å². The molecule has 0 radical (unpaired) electrons. The Labute approximate surface area is 129 Å². The third-order valence-electron chi connectivity index (χ3n) is 3.26. The van der Waals surface area contributed by atoms with E-state index in [2.05, 4.69) is 5.32 Å². The number of nitrogens with one attached hydrogen (secondary N) is 1. The van der Waals surface area contributed by atoms with Crippen LogP contribution in [0.2, 0.25) is 0 Å². The molecule has 0 aromatic heterocycles. The SMILES string of the molecule is CC(C)Oc1ccc(C(=O)NC2CC2C)cc1S(=O)(=O)Cl. The molecule has 0 heterocycles. The maximum atomic E-state index is 12.1. The minimum Gasteiger partial charge on any atom is -0.490 e. The number of hydrogen-bond acceptors (Lipinski definition) is 4. The predicted octanol–water partition coefficient (Wildman–Crippen LogP) is 2.54. The molecule has 0 aliphatic heterocycles. The predicted molar refractivity (Wildman–Crippen MR) is 80.3 cm³/mol. The molecule has 2 rings (SSSR count). The molecule has 1 aromatic rings. The standard InChI is InChI=1S/C14H18ClNO4S/c1-8(2)20-12-5-4-10(7-13(12)21(15,18)19)14(17)16-11-6-9(11)3/h4-5,7-9,11H,6H2,1-3H3,(H,16,17). The lowest BCUT2D eigenvalue weighted by Gasteiger charge is -2.14. The highest BCUT2D eigenvalue weighted by Crippen LogP contribution is 2.31. The van der Waals surface area contributed by atoms with Crippen LogP contribution in [0.5, 0.6) is 5.75 Å². The van der Waals surface area contributed by atoms with Crippen molar-refractivity contribution in [1.29, 1.82) is 0 Å². The summed E-state index contributed by atoms with van der Waals surface area (Å²) in [6, 6.07) is 4.41. The molecule has 1 aliphatic rings. The van der Waals surface area contributed by atoms with E-state index in [1.807, 2.05) is 6.92 Å². The number of hydrogen-bond donors (Lipinski definition) is 1. The Morgan fingerprint density at radius 1 is 1.43 bits per heavy atom. The van der Waals surface area contributed by atoms with E-state index in [1.165, 1.54) is 18.2 Å². The zero-order chi connectivity index (χ0) is 15.8. The first-order valence-corrected chi connectivity index (χ1v) is 9.05. The van der Waals surface area contributed by atoms with E-state index in [9.17, 15) is 13.2 Å². The zero-order valence-electron chi connectivity index (χ0n) is 12.1. The second-order valence-electron chi connectivity index (χ2n) is 5.56. The zero-order valence-corrected chi connectivity index (χ0v) is 13.7. The van der Waals surface area contributed by atoms with Gasteiger partial charge in [0.15, 0.2) is 0 Å². The van der Waals surface area contributed by atoms with Crippen molar-refractivity contribution < 1.29 is 17.9 Å². The molecule has 1 N–H and O–H groups in total. The monoisotopic (exact) mass is 331 g/mol. The van der Waals surface area contributed by atoms with Gasteiger partial charge in [-0.15, -0.1) is 0 Å². The quantitative estimate of drug-likeness (QED) is 0.841. The normalized spacial score (nSPS) is 21.2. The minimum atomic E-state index is -3.99. The van der Waals surface area contributed by atoms with Crippen molar-refractivity contribution in [1.82, 2.24) is 5.32 Å². The first kappa shape index (κ1) is 16.1. The molecule has 1 aromatic carbocycles. The van der Waals surface area contributed by atoms with E-state index in [1.54, 1.807) is 13.8 Å². The van der Waals surface area contributed by atoms with E-state index in [0.717, 1.165) is 6.42 Å². The Bertz CT molecular complexity index is 657. The van der Waals surface area contributed by atoms with Crippen LogP contribution in [0.3, 0.4) is 0 Å². The molecule has 1 saturated carbocycles. The maximum absolute atomic E-state index is 12.1. The molecule has 0 saturated heterocycles. The van der Waals surface area contributed by atoms with E-state index in [-0.39, 0.29) is 34.3 Å². The van der Waals surface area contributed by atoms with Gasteiger partial charge in [0.1, 0.15) is 10.6 Å². The lowest BCUT2D eigenvalue weighted by atomic mass is 10.2. The van der Waals surface area contributed by atoms with Crippen molar-refractivity contribution in [3.63, 3.8) is 0 Å². The molecular formula is C14H18ClNO4S. The second kappa shape index (κ2) is 5.85. The minimum absolute atomic E-state index is 0.149. The van der Waals surface area contributed by atoms with E-state index < -0.39 is 9.05 Å². The van der Waals surface area contributed by atoms with Crippen LogP contribution >= 0.6 is 10.7 Å². The maximum Gasteiger partial charge on any atom is 0.265 e. The van der Waals surface area contributed by atoms with Crippen LogP contribution in [0, 0.1) is 5.92 Å². The fourth-order valence-electron chi connectivity index (χ4n) is 1.97. The Morgan fingerprint density at radius 2 is 2.05 bits per heavy atom. The molecule has 116 valence electrons. The molecule has 0 bridgehead atoms. The average molecular weight is 332 g/mol. The van der Waals surface area contributed by atoms with Gasteiger partial charge in [-0.1, -0.05) is 6.92 Å². The van der Waals surface area contributed by atoms with E-state index >= 15 is 0 Å². The largest absolute Gasteiger partial charge is 0.490 e. The molecule has 1 fully saturated rings. The average Bonchev–Trinajstić information content (AvgIpc) is 3.03. The van der Waals surface area contributed by atoms with Crippen molar-refractivity contribution in [2.45, 2.75) is 44.2 Å². The van der Waals surface area contributed by atoms with Crippen molar-refractivity contribution >= 4 is 25.6 Å². The molecule has 1 aliphatic carbocycles. The molecule has 1 amide bonds. The summed E-state index contributed by atoms with van der Waals surface area (Å²) in [7, 11) is 1.43. The van der Waals surface area contributed by atoms with Crippen LogP contribution < -0.4 is 10.1 Å². The number of amides is 1. The summed E-state index contributed by atoms with van der Waals surface area (Å²) >= 11 is 0. The molecule has 2 atom stereocenters. The van der Waals surface area contributed by atoms with E-state index in [4.69, 9.17) is 15.4 Å². The summed E-state index contributed by atoms with van der Waals surface area (Å²) in [4.78, 5) is 11.9. The number of benzene rings is 1. The van der Waals surface area contributed by atoms with Gasteiger partial charge < -0.3 is 10.1 Å². The third-order valence-corrected chi connectivity index (χ3v) is 4.60. The van der Waals surface area contributed by atoms with Gasteiger partial charge in [-0.2, -0.15) is 0 Å². The molecular weight excluding hydrogens is 314 g/mol. The summed E-state index contributed by atoms with van der Waals surface area (Å²) < 4.78 is 28.7. The number of halogens is 1. The highest BCUT2D eigenvalue weighted by Gasteiger charge is 2.34. The first-order valence-electron chi connectivity index (χ1n) is 6.74. The van der Waals surface area contributed by atoms with Gasteiger partial charge in [-0.05, 0) is 44.4 Å². The number of carbonyl (C=O) groups excluding carboxylic acids is 1. The van der Waals surface area contributed by atoms with Gasteiger partial charge in [0.25, 0.3) is 15.0 Å². The van der Waals surface area contributed by atoms with Crippen LogP contribution in [0.1, 0.15) is 37.6 Å². The van der Waals surface area contributed by atoms with Crippen molar-refractivity contribution in [2.75, 3.05) is 0 Å². The molecule has 5 nitrogen and oxygen atoms in total. The van der Waals surface area contributed by atoms with Gasteiger partial charge in [-0.3, -0.25) is 4.79 Å². The molecule has 2 unspecified atom stereocenters. The van der Waals surface area contributed by atoms with Gasteiger partial charge in [-0.25, -0.2) is 8.42 Å². The number of rotatable bonds is 5. The van der Waals surface area contributed by atoms with Gasteiger partial charge in [0.05, 0.1) is 6.10 Å². The van der Waals surface area contributed by atoms with Gasteiger partial charge in [0.2, 0.25) is 0 Å². The van der Waals surface area contributed by atoms with Crippen molar-refractivity contribution in [2.24, 2.45) is 5.92 Å². The Kier molecular flexibility index (Phi) is 4.49. The Morgan fingerprint density at radius 3 is 2.52 bits per heavy atom. The summed E-state index contributed by atoms with van der Waals surface area (Å²) in [5, 5.41) is 2.84. The Hall–Kier alpha value is -1.27. The van der Waals surface area contributed by atoms with Gasteiger partial charge >= 0.3 is 0 Å². The highest BCUT2D eigenvalue weighted by atomic mass is 35.7. The van der Waals surface area contributed by atoms with Crippen LogP contribution in [0.15, 0.2) is 23.1 Å². The number of carbonyl (C=O) groups is 1. The van der Waals surface area contributed by atoms with Crippen LogP contribution in [-0.4, -0.2) is 26.5 Å². The summed E-state index contributed by atoms with van der Waals surface area (Å²) in [5.41, 5.74) is 0.254. The lowest BCUT2D eigenvalue weighted by molar-refractivity contribution is 0.0949. The smallest absolute Gasteiger partial charge is 0.265 e. The highest BCUT2D eigenvalue weighted by molar-refractivity contribution is 8.13. The lowest BCUT2D eigenvalue weighted by Crippen LogP contribution is -2.26. The summed E-state index contributed by atoms with van der Waals surface area (Å²) in [6.07, 6.45) is 0.746. The Balaban J connectivity index is 2.30. The third kappa shape index (κ3) is 4.11. The molecule has 7 heteroatoms. The fraction of sp³-hybridized carbons (Fsp3) is 0.500. The fourth-order valence-corrected chi connectivity index (χ4v) is 2.95. The van der Waals surface area contributed by atoms with Crippen LogP contribution in [0.25, 0.3) is 0 Å². The van der Waals surface area contributed by atoms with Crippen molar-refractivity contribution in [3.8, 4) is 5.75 Å². The van der Waals surface area contributed by atoms with Crippen molar-refractivity contribution in [3.05, 3.63) is 23.8 Å². The first-order chi connectivity index (χ1) is 9.68. The topological polar surface area (TPSA) is 72.5 Å². The second-order valence-corrected chi connectivity index (χ2v) is 8.09.